The van der Waals surface area contributed by atoms with Crippen molar-refractivity contribution < 1.29 is 9.50 Å². The van der Waals surface area contributed by atoms with Crippen LogP contribution < -0.4 is 0 Å². The fourth-order valence-electron chi connectivity index (χ4n) is 2.32. The third-order valence-corrected chi connectivity index (χ3v) is 3.26. The molecule has 2 rings (SSSR count). The maximum atomic E-state index is 12.7. The molecule has 1 nitrogen and oxygen atoms in total. The molecule has 0 radical (unpaired) electrons. The number of halogens is 1. The van der Waals surface area contributed by atoms with E-state index in [4.69, 9.17) is 0 Å². The molecule has 0 heterocycles. The first-order chi connectivity index (χ1) is 6.60. The highest BCUT2D eigenvalue weighted by molar-refractivity contribution is 5.26. The van der Waals surface area contributed by atoms with E-state index in [2.05, 4.69) is 6.92 Å². The normalized spacial score (nSPS) is 32.1. The van der Waals surface area contributed by atoms with Crippen LogP contribution in [-0.2, 0) is 5.41 Å². The van der Waals surface area contributed by atoms with Gasteiger partial charge in [0.25, 0.3) is 0 Å². The first-order valence-electron chi connectivity index (χ1n) is 5.04. The second-order valence-corrected chi connectivity index (χ2v) is 4.46. The van der Waals surface area contributed by atoms with Crippen molar-refractivity contribution in [1.82, 2.24) is 0 Å². The second-order valence-electron chi connectivity index (χ2n) is 4.46. The Hall–Kier alpha value is -0.890. The van der Waals surface area contributed by atoms with Gasteiger partial charge in [-0.25, -0.2) is 4.39 Å². The molecule has 1 aliphatic rings. The summed E-state index contributed by atoms with van der Waals surface area (Å²) in [7, 11) is 0. The number of hydrogen-bond acceptors (Lipinski definition) is 1. The smallest absolute Gasteiger partial charge is 0.123 e. The number of hydrogen-bond donors (Lipinski definition) is 1. The summed E-state index contributed by atoms with van der Waals surface area (Å²) in [4.78, 5) is 0. The molecule has 2 unspecified atom stereocenters. The van der Waals surface area contributed by atoms with Crippen LogP contribution in [0.1, 0.15) is 31.7 Å². The van der Waals surface area contributed by atoms with Crippen molar-refractivity contribution in [2.24, 2.45) is 0 Å². The predicted octanol–water partition coefficient (Wildman–Crippen LogP) is 2.63. The first kappa shape index (κ1) is 9.66. The monoisotopic (exact) mass is 194 g/mol. The van der Waals surface area contributed by atoms with Gasteiger partial charge in [0.05, 0.1) is 6.10 Å². The van der Waals surface area contributed by atoms with Crippen LogP contribution in [0, 0.1) is 5.82 Å². The molecular weight excluding hydrogens is 179 g/mol. The Bertz CT molecular complexity index is 320. The molecular formula is C12H15FO. The van der Waals surface area contributed by atoms with Crippen LogP contribution in [0.15, 0.2) is 24.3 Å². The van der Waals surface area contributed by atoms with Crippen molar-refractivity contribution in [2.45, 2.75) is 37.7 Å². The zero-order valence-electron chi connectivity index (χ0n) is 8.33. The average molecular weight is 194 g/mol. The van der Waals surface area contributed by atoms with E-state index in [1.807, 2.05) is 12.1 Å². The van der Waals surface area contributed by atoms with Gasteiger partial charge in [-0.1, -0.05) is 19.1 Å². The summed E-state index contributed by atoms with van der Waals surface area (Å²) >= 11 is 0. The molecule has 1 fully saturated rings. The minimum absolute atomic E-state index is 0.0348. The van der Waals surface area contributed by atoms with Crippen molar-refractivity contribution in [3.8, 4) is 0 Å². The second kappa shape index (κ2) is 3.35. The van der Waals surface area contributed by atoms with E-state index in [0.717, 1.165) is 24.8 Å². The number of aliphatic hydroxyl groups excluding tert-OH is 1. The number of aliphatic hydroxyl groups is 1. The maximum absolute atomic E-state index is 12.7. The summed E-state index contributed by atoms with van der Waals surface area (Å²) in [5.74, 6) is -0.198. The SMILES string of the molecule is CC1(c2ccc(F)cc2)CCC(O)C1. The van der Waals surface area contributed by atoms with Crippen molar-refractivity contribution in [3.63, 3.8) is 0 Å². The van der Waals surface area contributed by atoms with Gasteiger partial charge in [-0.05, 0) is 42.4 Å². The lowest BCUT2D eigenvalue weighted by molar-refractivity contribution is 0.175. The van der Waals surface area contributed by atoms with Gasteiger partial charge in [0.2, 0.25) is 0 Å². The highest BCUT2D eigenvalue weighted by atomic mass is 19.1. The lowest BCUT2D eigenvalue weighted by atomic mass is 9.81. The average Bonchev–Trinajstić information content (AvgIpc) is 2.48. The minimum atomic E-state index is -0.198. The molecule has 1 aromatic rings. The summed E-state index contributed by atoms with van der Waals surface area (Å²) in [6.07, 6.45) is 2.44. The van der Waals surface area contributed by atoms with E-state index in [1.54, 1.807) is 0 Å². The minimum Gasteiger partial charge on any atom is -0.393 e. The summed E-state index contributed by atoms with van der Waals surface area (Å²) in [6.45, 7) is 2.14. The summed E-state index contributed by atoms with van der Waals surface area (Å²) < 4.78 is 12.7. The zero-order valence-corrected chi connectivity index (χ0v) is 8.33. The standard InChI is InChI=1S/C12H15FO/c1-12(7-6-11(14)8-12)9-2-4-10(13)5-3-9/h2-5,11,14H,6-8H2,1H3. The molecule has 1 aromatic carbocycles. The Balaban J connectivity index is 2.26. The molecule has 76 valence electrons. The van der Waals surface area contributed by atoms with Crippen LogP contribution >= 0.6 is 0 Å². The summed E-state index contributed by atoms with van der Waals surface area (Å²) in [5, 5.41) is 9.51. The van der Waals surface area contributed by atoms with Gasteiger partial charge < -0.3 is 5.11 Å². The van der Waals surface area contributed by atoms with Gasteiger partial charge >= 0.3 is 0 Å². The van der Waals surface area contributed by atoms with Crippen LogP contribution in [0.3, 0.4) is 0 Å². The molecule has 1 saturated carbocycles. The lowest BCUT2D eigenvalue weighted by Crippen LogP contribution is -2.18. The fourth-order valence-corrected chi connectivity index (χ4v) is 2.32. The topological polar surface area (TPSA) is 20.2 Å². The van der Waals surface area contributed by atoms with Crippen LogP contribution in [0.25, 0.3) is 0 Å². The molecule has 0 bridgehead atoms. The van der Waals surface area contributed by atoms with E-state index in [0.29, 0.717) is 0 Å². The fraction of sp³-hybridized carbons (Fsp3) is 0.500. The Labute approximate surface area is 83.6 Å². The van der Waals surface area contributed by atoms with Crippen LogP contribution in [0.5, 0.6) is 0 Å². The van der Waals surface area contributed by atoms with E-state index >= 15 is 0 Å². The third kappa shape index (κ3) is 1.67. The molecule has 0 saturated heterocycles. The molecule has 2 atom stereocenters. The Morgan fingerprint density at radius 1 is 1.36 bits per heavy atom. The molecule has 0 aliphatic heterocycles. The Morgan fingerprint density at radius 3 is 2.50 bits per heavy atom. The van der Waals surface area contributed by atoms with Crippen molar-refractivity contribution >= 4 is 0 Å². The van der Waals surface area contributed by atoms with E-state index in [9.17, 15) is 9.50 Å². The van der Waals surface area contributed by atoms with E-state index in [-0.39, 0.29) is 17.3 Å². The molecule has 1 aliphatic carbocycles. The number of benzene rings is 1. The molecule has 0 spiro atoms. The van der Waals surface area contributed by atoms with Gasteiger partial charge in [0.15, 0.2) is 0 Å². The van der Waals surface area contributed by atoms with E-state index in [1.165, 1.54) is 12.1 Å². The maximum Gasteiger partial charge on any atom is 0.123 e. The summed E-state index contributed by atoms with van der Waals surface area (Å²) in [6, 6.07) is 6.64. The van der Waals surface area contributed by atoms with Crippen molar-refractivity contribution in [2.75, 3.05) is 0 Å². The van der Waals surface area contributed by atoms with Gasteiger partial charge in [-0.3, -0.25) is 0 Å². The molecule has 1 N–H and O–H groups in total. The predicted molar refractivity (Wildman–Crippen MR) is 53.6 cm³/mol. The zero-order chi connectivity index (χ0) is 10.2. The van der Waals surface area contributed by atoms with Crippen LogP contribution in [0.2, 0.25) is 0 Å². The molecule has 14 heavy (non-hydrogen) atoms. The van der Waals surface area contributed by atoms with Crippen molar-refractivity contribution in [1.29, 1.82) is 0 Å². The highest BCUT2D eigenvalue weighted by Crippen LogP contribution is 2.40. The molecule has 2 heteroatoms. The largest absolute Gasteiger partial charge is 0.393 e. The van der Waals surface area contributed by atoms with Crippen LogP contribution in [-0.4, -0.2) is 11.2 Å². The molecule has 0 aromatic heterocycles. The summed E-state index contributed by atoms with van der Waals surface area (Å²) in [5.41, 5.74) is 1.17. The quantitative estimate of drug-likeness (QED) is 0.728. The van der Waals surface area contributed by atoms with Gasteiger partial charge in [-0.15, -0.1) is 0 Å². The molecule has 0 amide bonds. The van der Waals surface area contributed by atoms with Gasteiger partial charge in [0, 0.05) is 0 Å². The highest BCUT2D eigenvalue weighted by Gasteiger charge is 2.35. The lowest BCUT2D eigenvalue weighted by Gasteiger charge is -2.24. The van der Waals surface area contributed by atoms with Crippen LogP contribution in [0.4, 0.5) is 4.39 Å². The van der Waals surface area contributed by atoms with E-state index < -0.39 is 0 Å². The number of rotatable bonds is 1. The first-order valence-corrected chi connectivity index (χ1v) is 5.04. The Morgan fingerprint density at radius 2 is 2.00 bits per heavy atom. The van der Waals surface area contributed by atoms with Crippen molar-refractivity contribution in [3.05, 3.63) is 35.6 Å². The Kier molecular flexibility index (Phi) is 2.31. The third-order valence-electron chi connectivity index (χ3n) is 3.26. The van der Waals surface area contributed by atoms with Gasteiger partial charge in [-0.2, -0.15) is 0 Å². The van der Waals surface area contributed by atoms with Gasteiger partial charge in [0.1, 0.15) is 5.82 Å².